The Morgan fingerprint density at radius 1 is 1.45 bits per heavy atom. The molecule has 2 N–H and O–H groups in total. The second-order valence-electron chi connectivity index (χ2n) is 2.10. The van der Waals surface area contributed by atoms with Crippen LogP contribution in [0.25, 0.3) is 0 Å². The first-order valence-corrected chi connectivity index (χ1v) is 3.65. The van der Waals surface area contributed by atoms with E-state index >= 15 is 0 Å². The summed E-state index contributed by atoms with van der Waals surface area (Å²) in [6, 6.07) is 3.04. The average Bonchev–Trinajstić information content (AvgIpc) is 1.86. The van der Waals surface area contributed by atoms with E-state index in [2.05, 4.69) is 20.9 Å². The van der Waals surface area contributed by atoms with Gasteiger partial charge in [0.25, 0.3) is 0 Å². The number of pyridine rings is 1. The summed E-state index contributed by atoms with van der Waals surface area (Å²) in [5.74, 6) is 0. The van der Waals surface area contributed by atoms with Gasteiger partial charge in [-0.2, -0.15) is 0 Å². The lowest BCUT2D eigenvalue weighted by Gasteiger charge is -2.15. The standard InChI is InChI=1S/C6H5BBrNO2/c7-6(10,11)4-1-2-5(8)9-3-4/h1-3,10-11H. The molecule has 1 rings (SSSR count). The summed E-state index contributed by atoms with van der Waals surface area (Å²) in [6.45, 7) is 0. The minimum absolute atomic E-state index is 0.153. The second kappa shape index (κ2) is 2.93. The topological polar surface area (TPSA) is 53.4 Å². The van der Waals surface area contributed by atoms with E-state index in [0.717, 1.165) is 0 Å². The van der Waals surface area contributed by atoms with Gasteiger partial charge in [-0.05, 0) is 22.0 Å². The van der Waals surface area contributed by atoms with Gasteiger partial charge in [-0.1, -0.05) is 6.07 Å². The van der Waals surface area contributed by atoms with Crippen LogP contribution in [0.5, 0.6) is 0 Å². The van der Waals surface area contributed by atoms with Gasteiger partial charge < -0.3 is 10.2 Å². The number of hydrogen-bond donors (Lipinski definition) is 2. The Morgan fingerprint density at radius 3 is 2.45 bits per heavy atom. The normalized spacial score (nSPS) is 11.5. The van der Waals surface area contributed by atoms with Crippen LogP contribution in [0.4, 0.5) is 0 Å². The Balaban J connectivity index is 2.99. The first-order valence-electron chi connectivity index (χ1n) is 2.86. The van der Waals surface area contributed by atoms with Gasteiger partial charge >= 0.3 is 0 Å². The maximum absolute atomic E-state index is 8.86. The largest absolute Gasteiger partial charge is 0.371 e. The van der Waals surface area contributed by atoms with Gasteiger partial charge in [-0.3, -0.25) is 0 Å². The van der Waals surface area contributed by atoms with Gasteiger partial charge in [-0.25, -0.2) is 4.98 Å². The molecule has 0 saturated heterocycles. The molecule has 0 saturated carbocycles. The van der Waals surface area contributed by atoms with E-state index in [1.165, 1.54) is 12.3 Å². The Bertz CT molecular complexity index is 244. The molecule has 0 fully saturated rings. The number of halogens is 1. The SMILES string of the molecule is [B]C(O)(O)c1ccc(Br)nc1. The zero-order chi connectivity index (χ0) is 8.48. The molecule has 0 atom stereocenters. The van der Waals surface area contributed by atoms with E-state index in [-0.39, 0.29) is 5.56 Å². The van der Waals surface area contributed by atoms with Gasteiger partial charge in [0.15, 0.2) is 7.85 Å². The molecule has 0 amide bonds. The van der Waals surface area contributed by atoms with E-state index in [1.54, 1.807) is 6.07 Å². The number of nitrogens with zero attached hydrogens (tertiary/aromatic N) is 1. The molecule has 0 aliphatic heterocycles. The highest BCUT2D eigenvalue weighted by molar-refractivity contribution is 9.10. The van der Waals surface area contributed by atoms with Crippen molar-refractivity contribution in [1.82, 2.24) is 4.98 Å². The Morgan fingerprint density at radius 2 is 2.09 bits per heavy atom. The summed E-state index contributed by atoms with van der Waals surface area (Å²) in [6.07, 6.45) is 1.28. The van der Waals surface area contributed by atoms with Crippen molar-refractivity contribution in [1.29, 1.82) is 0 Å². The third-order valence-electron chi connectivity index (χ3n) is 1.15. The van der Waals surface area contributed by atoms with Crippen LogP contribution < -0.4 is 0 Å². The number of hydrogen-bond acceptors (Lipinski definition) is 3. The van der Waals surface area contributed by atoms with Gasteiger partial charge in [0.2, 0.25) is 0 Å². The summed E-state index contributed by atoms with van der Waals surface area (Å²) in [5.41, 5.74) is -2.14. The second-order valence-corrected chi connectivity index (χ2v) is 2.91. The van der Waals surface area contributed by atoms with E-state index < -0.39 is 5.69 Å². The van der Waals surface area contributed by atoms with E-state index in [4.69, 9.17) is 18.1 Å². The summed E-state index contributed by atoms with van der Waals surface area (Å²) < 4.78 is 0.616. The Hall–Kier alpha value is -0.385. The highest BCUT2D eigenvalue weighted by atomic mass is 79.9. The predicted molar refractivity (Wildman–Crippen MR) is 43.8 cm³/mol. The quantitative estimate of drug-likeness (QED) is 0.396. The number of aromatic nitrogens is 1. The Kier molecular flexibility index (Phi) is 2.32. The van der Waals surface area contributed by atoms with Gasteiger partial charge in [-0.15, -0.1) is 0 Å². The fourth-order valence-electron chi connectivity index (χ4n) is 0.593. The summed E-state index contributed by atoms with van der Waals surface area (Å²) in [7, 11) is 4.96. The molecule has 1 aromatic rings. The highest BCUT2D eigenvalue weighted by Gasteiger charge is 2.17. The van der Waals surface area contributed by atoms with Crippen LogP contribution >= 0.6 is 15.9 Å². The first kappa shape index (κ1) is 8.71. The number of rotatable bonds is 1. The average molecular weight is 214 g/mol. The molecule has 2 radical (unpaired) electrons. The van der Waals surface area contributed by atoms with Crippen LogP contribution in [0, 0.1) is 0 Å². The predicted octanol–water partition coefficient (Wildman–Crippen LogP) is 0.108. The summed E-state index contributed by atoms with van der Waals surface area (Å²) in [4.78, 5) is 3.76. The lowest BCUT2D eigenvalue weighted by atomic mass is 9.89. The lowest BCUT2D eigenvalue weighted by Crippen LogP contribution is -2.24. The van der Waals surface area contributed by atoms with Crippen molar-refractivity contribution in [3.63, 3.8) is 0 Å². The van der Waals surface area contributed by atoms with Crippen molar-refractivity contribution < 1.29 is 10.2 Å². The molecule has 1 heterocycles. The maximum Gasteiger partial charge on any atom is 0.160 e. The minimum Gasteiger partial charge on any atom is -0.371 e. The van der Waals surface area contributed by atoms with E-state index in [0.29, 0.717) is 4.60 Å². The molecule has 3 nitrogen and oxygen atoms in total. The van der Waals surface area contributed by atoms with Gasteiger partial charge in [0.05, 0.1) is 0 Å². The molecule has 0 unspecified atom stereocenters. The van der Waals surface area contributed by atoms with Crippen molar-refractivity contribution in [3.8, 4) is 0 Å². The zero-order valence-corrected chi connectivity index (χ0v) is 7.12. The van der Waals surface area contributed by atoms with E-state index in [1.807, 2.05) is 0 Å². The van der Waals surface area contributed by atoms with Crippen LogP contribution in [0.3, 0.4) is 0 Å². The molecule has 0 aromatic carbocycles. The van der Waals surface area contributed by atoms with Gasteiger partial charge in [0.1, 0.15) is 10.3 Å². The first-order chi connectivity index (χ1) is 5.00. The Labute approximate surface area is 73.6 Å². The summed E-state index contributed by atoms with van der Waals surface area (Å²) in [5, 5.41) is 17.7. The van der Waals surface area contributed by atoms with Crippen LogP contribution in [-0.4, -0.2) is 23.0 Å². The van der Waals surface area contributed by atoms with Gasteiger partial charge in [0, 0.05) is 11.8 Å². The summed E-state index contributed by atoms with van der Waals surface area (Å²) >= 11 is 3.10. The fraction of sp³-hybridized carbons (Fsp3) is 0.167. The highest BCUT2D eigenvalue weighted by Crippen LogP contribution is 2.14. The molecule has 0 aliphatic rings. The van der Waals surface area contributed by atoms with Crippen LogP contribution in [0.1, 0.15) is 5.56 Å². The van der Waals surface area contributed by atoms with Crippen molar-refractivity contribution in [2.24, 2.45) is 0 Å². The molecule has 1 aromatic heterocycles. The molecule has 0 bridgehead atoms. The van der Waals surface area contributed by atoms with E-state index in [9.17, 15) is 0 Å². The molecule has 5 heteroatoms. The zero-order valence-electron chi connectivity index (χ0n) is 5.53. The van der Waals surface area contributed by atoms with Crippen molar-refractivity contribution in [2.75, 3.05) is 0 Å². The van der Waals surface area contributed by atoms with Crippen molar-refractivity contribution in [2.45, 2.75) is 5.69 Å². The lowest BCUT2D eigenvalue weighted by molar-refractivity contribution is -0.0912. The fourth-order valence-corrected chi connectivity index (χ4v) is 0.828. The number of aliphatic hydroxyl groups is 2. The van der Waals surface area contributed by atoms with Crippen molar-refractivity contribution in [3.05, 3.63) is 28.5 Å². The maximum atomic E-state index is 8.86. The molecule has 0 spiro atoms. The van der Waals surface area contributed by atoms with Crippen molar-refractivity contribution >= 4 is 23.8 Å². The minimum atomic E-state index is -2.30. The van der Waals surface area contributed by atoms with Crippen LogP contribution in [-0.2, 0) is 5.69 Å². The van der Waals surface area contributed by atoms with Crippen LogP contribution in [0.15, 0.2) is 22.9 Å². The molecule has 11 heavy (non-hydrogen) atoms. The third-order valence-corrected chi connectivity index (χ3v) is 1.62. The third kappa shape index (κ3) is 2.29. The van der Waals surface area contributed by atoms with Crippen LogP contribution in [0.2, 0.25) is 0 Å². The smallest absolute Gasteiger partial charge is 0.160 e. The molecule has 56 valence electrons. The molecular weight excluding hydrogens is 209 g/mol. The molecular formula is C6H5BBrNO2. The monoisotopic (exact) mass is 213 g/mol. The molecule has 0 aliphatic carbocycles.